The van der Waals surface area contributed by atoms with E-state index in [-0.39, 0.29) is 0 Å². The first-order valence-electron chi connectivity index (χ1n) is 6.87. The van der Waals surface area contributed by atoms with E-state index in [1.165, 1.54) is 4.68 Å². The third-order valence-electron chi connectivity index (χ3n) is 3.05. The summed E-state index contributed by atoms with van der Waals surface area (Å²) in [6.07, 6.45) is -1.40. The van der Waals surface area contributed by atoms with Gasteiger partial charge < -0.3 is 5.32 Å². The predicted octanol–water partition coefficient (Wildman–Crippen LogP) is 3.45. The van der Waals surface area contributed by atoms with Crippen LogP contribution in [0.15, 0.2) is 36.7 Å². The average molecular weight is 297 g/mol. The van der Waals surface area contributed by atoms with Crippen molar-refractivity contribution in [3.05, 3.63) is 53.3 Å². The van der Waals surface area contributed by atoms with Gasteiger partial charge >= 0.3 is 6.18 Å². The highest BCUT2D eigenvalue weighted by molar-refractivity contribution is 5.24. The van der Waals surface area contributed by atoms with Crippen molar-refractivity contribution in [3.8, 4) is 0 Å². The van der Waals surface area contributed by atoms with Gasteiger partial charge in [0.1, 0.15) is 0 Å². The van der Waals surface area contributed by atoms with Crippen molar-refractivity contribution in [2.45, 2.75) is 32.6 Å². The summed E-state index contributed by atoms with van der Waals surface area (Å²) in [4.78, 5) is 0. The van der Waals surface area contributed by atoms with Crippen LogP contribution < -0.4 is 5.32 Å². The molecule has 0 radical (unpaired) electrons. The minimum absolute atomic E-state index is 0.331. The zero-order valence-electron chi connectivity index (χ0n) is 11.8. The van der Waals surface area contributed by atoms with Crippen molar-refractivity contribution in [1.29, 1.82) is 0 Å². The van der Waals surface area contributed by atoms with Crippen LogP contribution >= 0.6 is 0 Å². The highest BCUT2D eigenvalue weighted by Crippen LogP contribution is 2.28. The highest BCUT2D eigenvalue weighted by atomic mass is 19.4. The van der Waals surface area contributed by atoms with Crippen molar-refractivity contribution in [1.82, 2.24) is 15.1 Å². The van der Waals surface area contributed by atoms with Gasteiger partial charge in [-0.3, -0.25) is 4.68 Å². The number of hydrogen-bond acceptors (Lipinski definition) is 2. The summed E-state index contributed by atoms with van der Waals surface area (Å²) in [5.41, 5.74) is 1.33. The molecule has 21 heavy (non-hydrogen) atoms. The van der Waals surface area contributed by atoms with Gasteiger partial charge in [0, 0.05) is 12.7 Å². The van der Waals surface area contributed by atoms with E-state index in [9.17, 15) is 13.2 Å². The molecule has 0 saturated carbocycles. The third-order valence-corrected chi connectivity index (χ3v) is 3.05. The van der Waals surface area contributed by atoms with Crippen LogP contribution in [0.5, 0.6) is 0 Å². The fourth-order valence-corrected chi connectivity index (χ4v) is 2.03. The van der Waals surface area contributed by atoms with Gasteiger partial charge in [-0.15, -0.1) is 0 Å². The van der Waals surface area contributed by atoms with Gasteiger partial charge in [-0.2, -0.15) is 18.3 Å². The molecule has 0 unspecified atom stereocenters. The first kappa shape index (κ1) is 15.6. The van der Waals surface area contributed by atoms with Gasteiger partial charge in [0.15, 0.2) is 0 Å². The molecule has 2 aromatic rings. The lowest BCUT2D eigenvalue weighted by Gasteiger charge is -2.07. The standard InChI is InChI=1S/C15H18F3N3/c1-2-6-19-8-12-4-3-5-13(7-12)10-21-11-14(9-20-21)15(16,17)18/h3-5,7,9,11,19H,2,6,8,10H2,1H3. The molecule has 0 aliphatic heterocycles. The van der Waals surface area contributed by atoms with Crippen molar-refractivity contribution in [2.75, 3.05) is 6.54 Å². The average Bonchev–Trinajstić information content (AvgIpc) is 2.88. The molecule has 0 bridgehead atoms. The lowest BCUT2D eigenvalue weighted by atomic mass is 10.1. The van der Waals surface area contributed by atoms with Gasteiger partial charge in [0.2, 0.25) is 0 Å². The molecular formula is C15H18F3N3. The monoisotopic (exact) mass is 297 g/mol. The Kier molecular flexibility index (Phi) is 5.01. The summed E-state index contributed by atoms with van der Waals surface area (Å²) in [7, 11) is 0. The molecule has 2 rings (SSSR count). The van der Waals surface area contributed by atoms with Crippen LogP contribution in [0.25, 0.3) is 0 Å². The summed E-state index contributed by atoms with van der Waals surface area (Å²) in [6, 6.07) is 7.78. The Morgan fingerprint density at radius 3 is 2.67 bits per heavy atom. The highest BCUT2D eigenvalue weighted by Gasteiger charge is 2.32. The topological polar surface area (TPSA) is 29.9 Å². The predicted molar refractivity (Wildman–Crippen MR) is 74.8 cm³/mol. The molecule has 0 aliphatic rings. The van der Waals surface area contributed by atoms with Crippen LogP contribution in [-0.2, 0) is 19.3 Å². The molecule has 1 N–H and O–H groups in total. The summed E-state index contributed by atoms with van der Waals surface area (Å²) in [5.74, 6) is 0. The Morgan fingerprint density at radius 2 is 2.00 bits per heavy atom. The summed E-state index contributed by atoms with van der Waals surface area (Å²) in [6.45, 7) is 4.13. The van der Waals surface area contributed by atoms with Crippen LogP contribution in [0.1, 0.15) is 30.0 Å². The van der Waals surface area contributed by atoms with Gasteiger partial charge in [-0.05, 0) is 24.1 Å². The van der Waals surface area contributed by atoms with Gasteiger partial charge in [0.05, 0.1) is 18.3 Å². The van der Waals surface area contributed by atoms with E-state index >= 15 is 0 Å². The van der Waals surface area contributed by atoms with Crippen molar-refractivity contribution in [2.24, 2.45) is 0 Å². The van der Waals surface area contributed by atoms with E-state index in [1.54, 1.807) is 0 Å². The summed E-state index contributed by atoms with van der Waals surface area (Å²) < 4.78 is 38.9. The van der Waals surface area contributed by atoms with E-state index in [0.29, 0.717) is 6.54 Å². The van der Waals surface area contributed by atoms with Crippen LogP contribution in [0, 0.1) is 0 Å². The zero-order chi connectivity index (χ0) is 15.3. The maximum Gasteiger partial charge on any atom is 0.419 e. The Bertz CT molecular complexity index is 576. The second-order valence-electron chi connectivity index (χ2n) is 4.92. The second-order valence-corrected chi connectivity index (χ2v) is 4.92. The fourth-order valence-electron chi connectivity index (χ4n) is 2.03. The van der Waals surface area contributed by atoms with Gasteiger partial charge in [-0.1, -0.05) is 31.2 Å². The zero-order valence-corrected chi connectivity index (χ0v) is 11.8. The van der Waals surface area contributed by atoms with E-state index in [0.717, 1.165) is 43.0 Å². The molecule has 0 saturated heterocycles. The lowest BCUT2D eigenvalue weighted by Crippen LogP contribution is -2.14. The molecule has 1 aromatic heterocycles. The van der Waals surface area contributed by atoms with Crippen molar-refractivity contribution in [3.63, 3.8) is 0 Å². The molecule has 1 aromatic carbocycles. The third kappa shape index (κ3) is 4.60. The smallest absolute Gasteiger partial charge is 0.313 e. The normalized spacial score (nSPS) is 11.8. The molecule has 3 nitrogen and oxygen atoms in total. The molecule has 0 atom stereocenters. The minimum atomic E-state index is -4.34. The Hall–Kier alpha value is -1.82. The van der Waals surface area contributed by atoms with Crippen LogP contribution in [0.2, 0.25) is 0 Å². The largest absolute Gasteiger partial charge is 0.419 e. The van der Waals surface area contributed by atoms with Crippen molar-refractivity contribution >= 4 is 0 Å². The second kappa shape index (κ2) is 6.76. The maximum atomic E-state index is 12.5. The molecule has 0 fully saturated rings. The summed E-state index contributed by atoms with van der Waals surface area (Å²) in [5, 5.41) is 7.06. The lowest BCUT2D eigenvalue weighted by molar-refractivity contribution is -0.137. The number of rotatable bonds is 6. The molecule has 114 valence electrons. The number of nitrogens with zero attached hydrogens (tertiary/aromatic N) is 2. The first-order valence-corrected chi connectivity index (χ1v) is 6.87. The number of aromatic nitrogens is 2. The Balaban J connectivity index is 2.02. The van der Waals surface area contributed by atoms with Crippen molar-refractivity contribution < 1.29 is 13.2 Å². The van der Waals surface area contributed by atoms with Crippen LogP contribution in [-0.4, -0.2) is 16.3 Å². The number of halogens is 3. The number of hydrogen-bond donors (Lipinski definition) is 1. The maximum absolute atomic E-state index is 12.5. The van der Waals surface area contributed by atoms with E-state index in [2.05, 4.69) is 17.3 Å². The van der Waals surface area contributed by atoms with Gasteiger partial charge in [0.25, 0.3) is 0 Å². The number of nitrogens with one attached hydrogen (secondary N) is 1. The van der Waals surface area contributed by atoms with Crippen LogP contribution in [0.4, 0.5) is 13.2 Å². The fraction of sp³-hybridized carbons (Fsp3) is 0.400. The van der Waals surface area contributed by atoms with Crippen LogP contribution in [0.3, 0.4) is 0 Å². The van der Waals surface area contributed by atoms with E-state index in [4.69, 9.17) is 0 Å². The minimum Gasteiger partial charge on any atom is -0.313 e. The molecule has 0 aliphatic carbocycles. The van der Waals surface area contributed by atoms with E-state index < -0.39 is 11.7 Å². The molecule has 0 amide bonds. The van der Waals surface area contributed by atoms with E-state index in [1.807, 2.05) is 24.3 Å². The number of alkyl halides is 3. The number of benzene rings is 1. The SMILES string of the molecule is CCCNCc1cccc(Cn2cc(C(F)(F)F)cn2)c1. The summed E-state index contributed by atoms with van der Waals surface area (Å²) >= 11 is 0. The molecule has 0 spiro atoms. The Labute approximate surface area is 121 Å². The molecule has 1 heterocycles. The molecule has 6 heteroatoms. The quantitative estimate of drug-likeness (QED) is 0.828. The first-order chi connectivity index (χ1) is 9.99. The van der Waals surface area contributed by atoms with Gasteiger partial charge in [-0.25, -0.2) is 0 Å². The molecular weight excluding hydrogens is 279 g/mol. The Morgan fingerprint density at radius 1 is 1.24 bits per heavy atom.